The topological polar surface area (TPSA) is 51.9 Å². The van der Waals surface area contributed by atoms with Gasteiger partial charge in [-0.2, -0.15) is 0 Å². The number of benzene rings is 2. The van der Waals surface area contributed by atoms with Crippen molar-refractivity contribution in [2.45, 2.75) is 96.9 Å². The normalized spacial score (nSPS) is 10.9. The maximum atomic E-state index is 12.6. The SMILES string of the molecule is CCCCCCCCOc1ccc(OC(=O)c2ccc(OCCCCCCCCC[n+]3ccc(N(C)C)cc3)cc2)cc1. The van der Waals surface area contributed by atoms with Gasteiger partial charge >= 0.3 is 5.97 Å². The van der Waals surface area contributed by atoms with E-state index in [1.165, 1.54) is 76.3 Å². The zero-order valence-electron chi connectivity index (χ0n) is 26.8. The number of esters is 1. The first kappa shape index (κ1) is 34.0. The molecule has 0 atom stereocenters. The van der Waals surface area contributed by atoms with Gasteiger partial charge in [-0.1, -0.05) is 64.7 Å². The van der Waals surface area contributed by atoms with Crippen LogP contribution in [0.3, 0.4) is 0 Å². The standard InChI is InChI=1S/C37H53N2O4/c1-4-5-6-7-12-15-31-42-35-21-23-36(24-22-35)43-37(40)32-17-19-34(20-18-32)41-30-16-13-10-8-9-11-14-27-39-28-25-33(26-29-39)38(2)3/h17-26,28-29H,4-16,27,30-31H2,1-3H3/q+1. The first-order chi connectivity index (χ1) is 21.0. The highest BCUT2D eigenvalue weighted by Crippen LogP contribution is 2.20. The fourth-order valence-corrected chi connectivity index (χ4v) is 4.90. The van der Waals surface area contributed by atoms with E-state index in [1.807, 2.05) is 24.3 Å². The van der Waals surface area contributed by atoms with Crippen LogP contribution in [-0.2, 0) is 6.54 Å². The Labute approximate surface area is 260 Å². The second kappa shape index (κ2) is 20.4. The Hall–Kier alpha value is -3.54. The van der Waals surface area contributed by atoms with E-state index >= 15 is 0 Å². The quantitative estimate of drug-likeness (QED) is 0.0507. The number of ether oxygens (including phenoxy) is 3. The van der Waals surface area contributed by atoms with Gasteiger partial charge < -0.3 is 19.1 Å². The molecule has 0 aliphatic heterocycles. The number of hydrogen-bond acceptors (Lipinski definition) is 5. The Bertz CT molecular complexity index is 1140. The summed E-state index contributed by atoms with van der Waals surface area (Å²) in [5.41, 5.74) is 1.74. The van der Waals surface area contributed by atoms with Crippen molar-refractivity contribution in [3.8, 4) is 17.2 Å². The molecule has 0 aliphatic rings. The number of pyridine rings is 1. The predicted molar refractivity (Wildman–Crippen MR) is 175 cm³/mol. The Morgan fingerprint density at radius 2 is 1.07 bits per heavy atom. The minimum Gasteiger partial charge on any atom is -0.494 e. The summed E-state index contributed by atoms with van der Waals surface area (Å²) in [5, 5.41) is 0. The lowest BCUT2D eigenvalue weighted by molar-refractivity contribution is -0.697. The van der Waals surface area contributed by atoms with E-state index in [9.17, 15) is 4.79 Å². The van der Waals surface area contributed by atoms with Crippen molar-refractivity contribution in [1.29, 1.82) is 0 Å². The van der Waals surface area contributed by atoms with Gasteiger partial charge in [-0.25, -0.2) is 9.36 Å². The van der Waals surface area contributed by atoms with Crippen molar-refractivity contribution in [2.24, 2.45) is 0 Å². The molecule has 0 spiro atoms. The number of carbonyl (C=O) groups excluding carboxylic acids is 1. The van der Waals surface area contributed by atoms with E-state index in [2.05, 4.69) is 55.0 Å². The lowest BCUT2D eigenvalue weighted by atomic mass is 10.1. The minimum absolute atomic E-state index is 0.381. The van der Waals surface area contributed by atoms with Crippen molar-refractivity contribution in [1.82, 2.24) is 0 Å². The van der Waals surface area contributed by atoms with Crippen LogP contribution < -0.4 is 23.7 Å². The van der Waals surface area contributed by atoms with Crippen LogP contribution in [0.15, 0.2) is 73.1 Å². The lowest BCUT2D eigenvalue weighted by Crippen LogP contribution is -2.32. The molecule has 0 amide bonds. The predicted octanol–water partition coefficient (Wildman–Crippen LogP) is 8.81. The summed E-state index contributed by atoms with van der Waals surface area (Å²) in [6.45, 7) is 4.72. The van der Waals surface area contributed by atoms with E-state index in [0.29, 0.717) is 24.5 Å². The number of aromatic nitrogens is 1. The number of nitrogens with zero attached hydrogens (tertiary/aromatic N) is 2. The Balaban J connectivity index is 1.20. The zero-order valence-corrected chi connectivity index (χ0v) is 26.8. The highest BCUT2D eigenvalue weighted by molar-refractivity contribution is 5.91. The van der Waals surface area contributed by atoms with Gasteiger partial charge in [-0.15, -0.1) is 0 Å². The molecule has 0 aliphatic carbocycles. The third-order valence-electron chi connectivity index (χ3n) is 7.61. The summed E-state index contributed by atoms with van der Waals surface area (Å²) in [6.07, 6.45) is 20.3. The van der Waals surface area contributed by atoms with Crippen molar-refractivity contribution in [3.63, 3.8) is 0 Å². The molecule has 3 aromatic rings. The molecular formula is C37H53N2O4+. The number of anilines is 1. The summed E-state index contributed by atoms with van der Waals surface area (Å²) in [7, 11) is 4.14. The molecule has 0 N–H and O–H groups in total. The number of aryl methyl sites for hydroxylation is 1. The Morgan fingerprint density at radius 3 is 1.60 bits per heavy atom. The number of hydrogen-bond donors (Lipinski definition) is 0. The third-order valence-corrected chi connectivity index (χ3v) is 7.61. The summed E-state index contributed by atoms with van der Waals surface area (Å²) in [4.78, 5) is 14.7. The summed E-state index contributed by atoms with van der Waals surface area (Å²) < 4.78 is 19.5. The van der Waals surface area contributed by atoms with Crippen molar-refractivity contribution < 1.29 is 23.6 Å². The van der Waals surface area contributed by atoms with Crippen molar-refractivity contribution >= 4 is 11.7 Å². The van der Waals surface area contributed by atoms with Crippen LogP contribution in [0.4, 0.5) is 5.69 Å². The van der Waals surface area contributed by atoms with Gasteiger partial charge in [0.2, 0.25) is 0 Å². The summed E-state index contributed by atoms with van der Waals surface area (Å²) in [5.74, 6) is 1.70. The van der Waals surface area contributed by atoms with Crippen molar-refractivity contribution in [2.75, 3.05) is 32.2 Å². The highest BCUT2D eigenvalue weighted by atomic mass is 16.5. The fraction of sp³-hybridized carbons (Fsp3) is 0.514. The van der Waals surface area contributed by atoms with Crippen LogP contribution in [-0.4, -0.2) is 33.3 Å². The average molecular weight is 590 g/mol. The van der Waals surface area contributed by atoms with E-state index < -0.39 is 0 Å². The van der Waals surface area contributed by atoms with Gasteiger partial charge in [0.15, 0.2) is 12.4 Å². The summed E-state index contributed by atoms with van der Waals surface area (Å²) in [6, 6.07) is 18.8. The van der Waals surface area contributed by atoms with Gasteiger partial charge in [-0.3, -0.25) is 0 Å². The fourth-order valence-electron chi connectivity index (χ4n) is 4.90. The molecule has 2 aromatic carbocycles. The Kier molecular flexibility index (Phi) is 16.1. The molecule has 6 nitrogen and oxygen atoms in total. The van der Waals surface area contributed by atoms with Gasteiger partial charge in [0.1, 0.15) is 23.8 Å². The molecule has 6 heteroatoms. The maximum absolute atomic E-state index is 12.6. The molecule has 3 rings (SSSR count). The van der Waals surface area contributed by atoms with E-state index in [-0.39, 0.29) is 5.97 Å². The van der Waals surface area contributed by atoms with Crippen LogP contribution in [0.1, 0.15) is 101 Å². The Morgan fingerprint density at radius 1 is 0.605 bits per heavy atom. The molecule has 234 valence electrons. The minimum atomic E-state index is -0.381. The molecule has 0 radical (unpaired) electrons. The molecule has 43 heavy (non-hydrogen) atoms. The van der Waals surface area contributed by atoms with Gasteiger partial charge in [0.05, 0.1) is 18.8 Å². The highest BCUT2D eigenvalue weighted by Gasteiger charge is 2.09. The van der Waals surface area contributed by atoms with Crippen LogP contribution in [0, 0.1) is 0 Å². The smallest absolute Gasteiger partial charge is 0.343 e. The first-order valence-corrected chi connectivity index (χ1v) is 16.4. The average Bonchev–Trinajstić information content (AvgIpc) is 3.02. The second-order valence-corrected chi connectivity index (χ2v) is 11.5. The van der Waals surface area contributed by atoms with E-state index in [0.717, 1.165) is 30.9 Å². The van der Waals surface area contributed by atoms with Crippen LogP contribution >= 0.6 is 0 Å². The monoisotopic (exact) mass is 589 g/mol. The molecule has 0 saturated heterocycles. The molecular weight excluding hydrogens is 536 g/mol. The number of carbonyl (C=O) groups is 1. The van der Waals surface area contributed by atoms with Gasteiger partial charge in [0.25, 0.3) is 0 Å². The zero-order chi connectivity index (χ0) is 30.5. The molecule has 0 saturated carbocycles. The van der Waals surface area contributed by atoms with Crippen LogP contribution in [0.25, 0.3) is 0 Å². The molecule has 0 bridgehead atoms. The molecule has 1 heterocycles. The molecule has 0 unspecified atom stereocenters. The van der Waals surface area contributed by atoms with Gasteiger partial charge in [-0.05, 0) is 67.8 Å². The summed E-state index contributed by atoms with van der Waals surface area (Å²) >= 11 is 0. The second-order valence-electron chi connectivity index (χ2n) is 11.5. The molecule has 1 aromatic heterocycles. The van der Waals surface area contributed by atoms with Gasteiger partial charge in [0, 0.05) is 38.3 Å². The van der Waals surface area contributed by atoms with E-state index in [1.54, 1.807) is 24.3 Å². The van der Waals surface area contributed by atoms with Crippen molar-refractivity contribution in [3.05, 3.63) is 78.6 Å². The maximum Gasteiger partial charge on any atom is 0.343 e. The number of unbranched alkanes of at least 4 members (excludes halogenated alkanes) is 11. The third kappa shape index (κ3) is 14.0. The first-order valence-electron chi connectivity index (χ1n) is 16.4. The van der Waals surface area contributed by atoms with Crippen LogP contribution in [0.5, 0.6) is 17.2 Å². The molecule has 0 fully saturated rings. The lowest BCUT2D eigenvalue weighted by Gasteiger charge is -2.10. The number of rotatable bonds is 22. The van der Waals surface area contributed by atoms with E-state index in [4.69, 9.17) is 14.2 Å². The largest absolute Gasteiger partial charge is 0.494 e. The van der Waals surface area contributed by atoms with Crippen LogP contribution in [0.2, 0.25) is 0 Å².